The van der Waals surface area contributed by atoms with Crippen LogP contribution in [0, 0.1) is 5.53 Å². The number of nitrogens with zero attached hydrogens (tertiary/aromatic N) is 2. The van der Waals surface area contributed by atoms with Crippen LogP contribution in [-0.2, 0) is 0 Å². The average Bonchev–Trinajstić information content (AvgIpc) is 2.87. The molecule has 2 aromatic carbocycles. The highest BCUT2D eigenvalue weighted by atomic mass is 16.5. The first kappa shape index (κ1) is 12.6. The van der Waals surface area contributed by atoms with Crippen molar-refractivity contribution < 1.29 is 4.74 Å². The summed E-state index contributed by atoms with van der Waals surface area (Å²) in [4.78, 5) is 16.0. The maximum Gasteiger partial charge on any atom is 0.266 e. The Morgan fingerprint density at radius 3 is 2.77 bits per heavy atom. The molecule has 22 heavy (non-hydrogen) atoms. The number of H-pyrrole nitrogens is 1. The zero-order valence-electron chi connectivity index (χ0n) is 11.8. The van der Waals surface area contributed by atoms with Gasteiger partial charge < -0.3 is 9.72 Å². The minimum Gasteiger partial charge on any atom is -0.497 e. The van der Waals surface area contributed by atoms with E-state index in [1.165, 1.54) is 0 Å². The Morgan fingerprint density at radius 1 is 1.18 bits per heavy atom. The van der Waals surface area contributed by atoms with Crippen LogP contribution in [0.5, 0.6) is 5.75 Å². The molecule has 0 spiro atoms. The summed E-state index contributed by atoms with van der Waals surface area (Å²) >= 11 is 0. The van der Waals surface area contributed by atoms with Crippen LogP contribution in [0.1, 0.15) is 0 Å². The van der Waals surface area contributed by atoms with Crippen LogP contribution in [-0.4, -0.2) is 16.5 Å². The van der Waals surface area contributed by atoms with Crippen LogP contribution in [0.3, 0.4) is 0 Å². The van der Waals surface area contributed by atoms with Gasteiger partial charge in [-0.25, -0.2) is 5.53 Å². The fraction of sp³-hybridized carbons (Fsp3) is 0.0625. The smallest absolute Gasteiger partial charge is 0.266 e. The van der Waals surface area contributed by atoms with Crippen molar-refractivity contribution in [3.63, 3.8) is 0 Å². The van der Waals surface area contributed by atoms with E-state index in [2.05, 4.69) is 10.1 Å². The predicted molar refractivity (Wildman–Crippen MR) is 84.4 cm³/mol. The third kappa shape index (κ3) is 1.52. The van der Waals surface area contributed by atoms with Crippen molar-refractivity contribution in [1.82, 2.24) is 9.38 Å². The second-order valence-corrected chi connectivity index (χ2v) is 5.00. The number of fused-ring (bicyclic) bond motifs is 4. The molecule has 4 rings (SSSR count). The molecule has 0 unspecified atom stereocenters. The Morgan fingerprint density at radius 2 is 2.00 bits per heavy atom. The lowest BCUT2D eigenvalue weighted by atomic mass is 10.2. The first-order chi connectivity index (χ1) is 10.7. The molecule has 2 aromatic heterocycles. The van der Waals surface area contributed by atoms with Crippen LogP contribution in [0.4, 0.5) is 5.69 Å². The highest BCUT2D eigenvalue weighted by Gasteiger charge is 2.16. The maximum absolute atomic E-state index is 12.8. The average molecular weight is 292 g/mol. The molecule has 0 aliphatic heterocycles. The Labute approximate surface area is 124 Å². The molecule has 0 atom stereocenters. The molecule has 0 bridgehead atoms. The number of aromatic amines is 1. The van der Waals surface area contributed by atoms with Crippen LogP contribution in [0.2, 0.25) is 0 Å². The molecule has 0 saturated carbocycles. The van der Waals surface area contributed by atoms with Crippen molar-refractivity contribution in [2.75, 3.05) is 7.11 Å². The van der Waals surface area contributed by atoms with Gasteiger partial charge in [-0.05, 0) is 30.3 Å². The van der Waals surface area contributed by atoms with E-state index in [0.29, 0.717) is 33.4 Å². The molecule has 0 saturated heterocycles. The van der Waals surface area contributed by atoms with Crippen LogP contribution in [0.15, 0.2) is 52.4 Å². The standard InChI is InChI=1S/C16H12N4O2/c1-22-9-6-7-13-11(8-9)14(19-17)15-18-12-5-3-2-4-10(12)16(21)20(13)15/h2-8,17-18H,1H3. The van der Waals surface area contributed by atoms with Gasteiger partial charge in [0.1, 0.15) is 17.1 Å². The van der Waals surface area contributed by atoms with E-state index >= 15 is 0 Å². The van der Waals surface area contributed by atoms with E-state index in [9.17, 15) is 4.79 Å². The Bertz CT molecular complexity index is 1110. The number of aromatic nitrogens is 2. The first-order valence-electron chi connectivity index (χ1n) is 6.75. The van der Waals surface area contributed by atoms with Crippen molar-refractivity contribution in [3.05, 3.63) is 52.8 Å². The largest absolute Gasteiger partial charge is 0.497 e. The molecule has 6 nitrogen and oxygen atoms in total. The van der Waals surface area contributed by atoms with Gasteiger partial charge in [-0.3, -0.25) is 9.20 Å². The van der Waals surface area contributed by atoms with Gasteiger partial charge in [-0.15, -0.1) is 0 Å². The molecule has 0 radical (unpaired) electrons. The highest BCUT2D eigenvalue weighted by molar-refractivity contribution is 6.02. The van der Waals surface area contributed by atoms with Crippen molar-refractivity contribution in [2.24, 2.45) is 5.11 Å². The zero-order valence-corrected chi connectivity index (χ0v) is 11.8. The summed E-state index contributed by atoms with van der Waals surface area (Å²) in [6.07, 6.45) is 0. The fourth-order valence-corrected chi connectivity index (χ4v) is 2.85. The quantitative estimate of drug-likeness (QED) is 0.553. The van der Waals surface area contributed by atoms with Crippen molar-refractivity contribution in [2.45, 2.75) is 0 Å². The number of rotatable bonds is 2. The van der Waals surface area contributed by atoms with Crippen LogP contribution < -0.4 is 10.3 Å². The van der Waals surface area contributed by atoms with Gasteiger partial charge in [0, 0.05) is 5.39 Å². The molecule has 0 aliphatic rings. The second kappa shape index (κ2) is 4.42. The number of para-hydroxylation sites is 1. The lowest BCUT2D eigenvalue weighted by Crippen LogP contribution is -2.13. The number of hydrogen-bond donors (Lipinski definition) is 2. The van der Waals surface area contributed by atoms with Crippen molar-refractivity contribution in [3.8, 4) is 5.75 Å². The van der Waals surface area contributed by atoms with E-state index in [-0.39, 0.29) is 5.56 Å². The summed E-state index contributed by atoms with van der Waals surface area (Å²) in [5, 5.41) is 4.92. The second-order valence-electron chi connectivity index (χ2n) is 5.00. The molecule has 0 aliphatic carbocycles. The number of ether oxygens (including phenoxy) is 1. The maximum atomic E-state index is 12.8. The van der Waals surface area contributed by atoms with Gasteiger partial charge in [0.25, 0.3) is 5.56 Å². The van der Waals surface area contributed by atoms with E-state index in [4.69, 9.17) is 10.3 Å². The van der Waals surface area contributed by atoms with E-state index in [0.717, 1.165) is 5.52 Å². The molecular formula is C16H12N4O2. The molecule has 108 valence electrons. The van der Waals surface area contributed by atoms with Gasteiger partial charge in [0.05, 0.1) is 23.5 Å². The minimum absolute atomic E-state index is 0.130. The molecule has 2 heterocycles. The lowest BCUT2D eigenvalue weighted by Gasteiger charge is -2.01. The topological polar surface area (TPSA) is 82.7 Å². The molecule has 4 aromatic rings. The Hall–Kier alpha value is -3.15. The Balaban J connectivity index is 2.33. The number of hydrogen-bond acceptors (Lipinski definition) is 4. The van der Waals surface area contributed by atoms with Gasteiger partial charge in [0.15, 0.2) is 0 Å². The number of nitrogens with one attached hydrogen (secondary N) is 2. The summed E-state index contributed by atoms with van der Waals surface area (Å²) in [5.74, 6) is 0.658. The highest BCUT2D eigenvalue weighted by Crippen LogP contribution is 2.34. The zero-order chi connectivity index (χ0) is 15.3. The first-order valence-corrected chi connectivity index (χ1v) is 6.75. The summed E-state index contributed by atoms with van der Waals surface area (Å²) in [7, 11) is 1.58. The van der Waals surface area contributed by atoms with Gasteiger partial charge in [-0.1, -0.05) is 12.1 Å². The molecule has 2 N–H and O–H groups in total. The van der Waals surface area contributed by atoms with Crippen molar-refractivity contribution in [1.29, 1.82) is 5.53 Å². The third-order valence-electron chi connectivity index (χ3n) is 3.87. The summed E-state index contributed by atoms with van der Waals surface area (Å²) in [6.45, 7) is 0. The molecule has 0 amide bonds. The molecule has 6 heteroatoms. The summed E-state index contributed by atoms with van der Waals surface area (Å²) < 4.78 is 6.79. The van der Waals surface area contributed by atoms with E-state index in [1.54, 1.807) is 35.8 Å². The van der Waals surface area contributed by atoms with E-state index < -0.39 is 0 Å². The van der Waals surface area contributed by atoms with E-state index in [1.807, 2.05) is 18.2 Å². The summed E-state index contributed by atoms with van der Waals surface area (Å²) in [5.41, 5.74) is 9.72. The predicted octanol–water partition coefficient (Wildman–Crippen LogP) is 3.61. The third-order valence-corrected chi connectivity index (χ3v) is 3.87. The monoisotopic (exact) mass is 292 g/mol. The van der Waals surface area contributed by atoms with Gasteiger partial charge in [-0.2, -0.15) is 5.11 Å². The number of methoxy groups -OCH3 is 1. The summed E-state index contributed by atoms with van der Waals surface area (Å²) in [6, 6.07) is 12.7. The SMILES string of the molecule is COc1ccc2c(c1)c(N=N)c1[nH]c3ccccc3c(=O)n12. The molecular weight excluding hydrogens is 280 g/mol. The molecule has 0 fully saturated rings. The van der Waals surface area contributed by atoms with Gasteiger partial charge in [0.2, 0.25) is 0 Å². The fourth-order valence-electron chi connectivity index (χ4n) is 2.85. The number of benzene rings is 2. The van der Waals surface area contributed by atoms with Crippen molar-refractivity contribution >= 4 is 33.1 Å². The Kier molecular flexibility index (Phi) is 2.53. The normalized spacial score (nSPS) is 11.3. The van der Waals surface area contributed by atoms with Crippen LogP contribution >= 0.6 is 0 Å². The lowest BCUT2D eigenvalue weighted by molar-refractivity contribution is 0.415. The van der Waals surface area contributed by atoms with Crippen LogP contribution in [0.25, 0.3) is 27.5 Å². The minimum atomic E-state index is -0.130. The van der Waals surface area contributed by atoms with Gasteiger partial charge >= 0.3 is 0 Å².